The predicted octanol–water partition coefficient (Wildman–Crippen LogP) is 5.19. The molecule has 0 bridgehead atoms. The number of thiocarbonyl (C=S) groups is 1. The van der Waals surface area contributed by atoms with Gasteiger partial charge >= 0.3 is 0 Å². The molecule has 1 aromatic heterocycles. The Kier molecular flexibility index (Phi) is 6.77. The van der Waals surface area contributed by atoms with E-state index in [1.54, 1.807) is 6.20 Å². The Labute approximate surface area is 191 Å². The fraction of sp³-hybridized carbons (Fsp3) is 0.250. The first-order chi connectivity index (χ1) is 14.6. The van der Waals surface area contributed by atoms with Gasteiger partial charge in [0.25, 0.3) is 0 Å². The number of halogens is 1. The second-order valence-electron chi connectivity index (χ2n) is 7.74. The summed E-state index contributed by atoms with van der Waals surface area (Å²) in [6.07, 6.45) is 4.04. The van der Waals surface area contributed by atoms with Gasteiger partial charge in [0.2, 0.25) is 0 Å². The number of pyridine rings is 1. The molecule has 2 saturated carbocycles. The van der Waals surface area contributed by atoms with Crippen molar-refractivity contribution in [3.63, 3.8) is 0 Å². The first-order valence-corrected chi connectivity index (χ1v) is 11.3. The van der Waals surface area contributed by atoms with Gasteiger partial charge in [0.05, 0.1) is 0 Å². The van der Waals surface area contributed by atoms with Crippen LogP contribution in [0.5, 0.6) is 0 Å². The molecule has 4 atom stereocenters. The minimum Gasteiger partial charge on any atom is -0.359 e. The summed E-state index contributed by atoms with van der Waals surface area (Å²) in [7, 11) is 0. The summed E-state index contributed by atoms with van der Waals surface area (Å²) in [5, 5.41) is 7.06. The highest BCUT2D eigenvalue weighted by Crippen LogP contribution is 2.40. The van der Waals surface area contributed by atoms with Crippen LogP contribution in [0.25, 0.3) is 0 Å². The van der Waals surface area contributed by atoms with Gasteiger partial charge in [-0.2, -0.15) is 0 Å². The van der Waals surface area contributed by atoms with Crippen molar-refractivity contribution in [1.29, 1.82) is 0 Å². The number of nitrogens with zero attached hydrogens (tertiary/aromatic N) is 1. The van der Waals surface area contributed by atoms with Crippen molar-refractivity contribution in [2.75, 3.05) is 5.32 Å². The number of hydrogen-bond donors (Lipinski definition) is 3. The van der Waals surface area contributed by atoms with Crippen LogP contribution in [0.2, 0.25) is 0 Å². The zero-order valence-corrected chi connectivity index (χ0v) is 18.9. The zero-order chi connectivity index (χ0) is 20.9. The summed E-state index contributed by atoms with van der Waals surface area (Å²) in [5.41, 5.74) is 8.47. The molecule has 4 unspecified atom stereocenters. The molecule has 2 aromatic carbocycles. The summed E-state index contributed by atoms with van der Waals surface area (Å²) in [4.78, 5) is 4.24. The molecule has 3 aromatic rings. The van der Waals surface area contributed by atoms with Crippen molar-refractivity contribution in [2.24, 2.45) is 5.73 Å². The molecular weight excluding hydrogens is 456 g/mol. The van der Waals surface area contributed by atoms with E-state index in [0.29, 0.717) is 29.0 Å². The van der Waals surface area contributed by atoms with Crippen molar-refractivity contribution < 1.29 is 0 Å². The molecule has 0 aliphatic heterocycles. The first kappa shape index (κ1) is 21.0. The van der Waals surface area contributed by atoms with Gasteiger partial charge in [-0.25, -0.2) is 4.98 Å². The highest BCUT2D eigenvalue weighted by molar-refractivity contribution is 9.10. The van der Waals surface area contributed by atoms with Crippen LogP contribution in [0.4, 0.5) is 5.82 Å². The highest BCUT2D eigenvalue weighted by atomic mass is 79.9. The molecule has 2 aliphatic rings. The molecule has 5 rings (SSSR count). The Bertz CT molecular complexity index is 966. The molecule has 0 saturated heterocycles. The molecule has 0 amide bonds. The van der Waals surface area contributed by atoms with E-state index in [0.717, 1.165) is 16.7 Å². The fourth-order valence-corrected chi connectivity index (χ4v) is 3.98. The van der Waals surface area contributed by atoms with E-state index in [-0.39, 0.29) is 0 Å². The summed E-state index contributed by atoms with van der Waals surface area (Å²) >= 11 is 8.67. The SMILES string of the molecule is NC1CC1c1ccccc1.S=C(Nc1ccc(Br)cn1)NC1CC1c1ccccc1. The first-order valence-electron chi connectivity index (χ1n) is 10.1. The Morgan fingerprint density at radius 3 is 2.03 bits per heavy atom. The van der Waals surface area contributed by atoms with Crippen LogP contribution in [0.3, 0.4) is 0 Å². The lowest BCUT2D eigenvalue weighted by Gasteiger charge is -2.09. The van der Waals surface area contributed by atoms with Crippen LogP contribution < -0.4 is 16.4 Å². The maximum absolute atomic E-state index is 5.70. The lowest BCUT2D eigenvalue weighted by molar-refractivity contribution is 0.876. The molecule has 0 spiro atoms. The summed E-state index contributed by atoms with van der Waals surface area (Å²) in [6.45, 7) is 0. The number of rotatable bonds is 4. The maximum atomic E-state index is 5.70. The third-order valence-corrected chi connectivity index (χ3v) is 6.06. The summed E-state index contributed by atoms with van der Waals surface area (Å²) in [5.74, 6) is 1.97. The standard InChI is InChI=1S/C15H14BrN3S.C9H11N/c16-11-6-7-14(17-9-11)19-15(20)18-13-8-12(13)10-4-2-1-3-5-10;10-9-6-8(9)7-4-2-1-3-5-7/h1-7,9,12-13H,8H2,(H2,17,18,19,20);1-5,8-9H,6,10H2. The van der Waals surface area contributed by atoms with Gasteiger partial charge < -0.3 is 16.4 Å². The average Bonchev–Trinajstić information content (AvgIpc) is 3.69. The monoisotopic (exact) mass is 480 g/mol. The Hall–Kier alpha value is -2.28. The normalized spacial score (nSPS) is 23.5. The topological polar surface area (TPSA) is 63.0 Å². The number of anilines is 1. The summed E-state index contributed by atoms with van der Waals surface area (Å²) in [6, 6.07) is 25.7. The van der Waals surface area contributed by atoms with Crippen LogP contribution in [0.15, 0.2) is 83.5 Å². The Balaban J connectivity index is 0.000000181. The number of nitrogens with two attached hydrogens (primary N) is 1. The smallest absolute Gasteiger partial charge is 0.172 e. The van der Waals surface area contributed by atoms with Gasteiger partial charge in [-0.3, -0.25) is 0 Å². The van der Waals surface area contributed by atoms with Gasteiger partial charge in [-0.05, 0) is 64.2 Å². The fourth-order valence-electron chi connectivity index (χ4n) is 3.49. The lowest BCUT2D eigenvalue weighted by atomic mass is 10.1. The van der Waals surface area contributed by atoms with Crippen LogP contribution in [0, 0.1) is 0 Å². The molecule has 4 nitrogen and oxygen atoms in total. The van der Waals surface area contributed by atoms with E-state index in [1.165, 1.54) is 17.5 Å². The number of hydrogen-bond acceptors (Lipinski definition) is 3. The predicted molar refractivity (Wildman–Crippen MR) is 131 cm³/mol. The second-order valence-corrected chi connectivity index (χ2v) is 9.06. The Morgan fingerprint density at radius 1 is 0.900 bits per heavy atom. The van der Waals surface area contributed by atoms with Crippen molar-refractivity contribution in [3.05, 3.63) is 94.6 Å². The van der Waals surface area contributed by atoms with E-state index in [9.17, 15) is 0 Å². The maximum Gasteiger partial charge on any atom is 0.172 e. The molecule has 2 aliphatic carbocycles. The van der Waals surface area contributed by atoms with Crippen molar-refractivity contribution >= 4 is 39.1 Å². The molecular formula is C24H25BrN4S. The second kappa shape index (κ2) is 9.69. The molecule has 2 fully saturated rings. The third-order valence-electron chi connectivity index (χ3n) is 5.37. The highest BCUT2D eigenvalue weighted by Gasteiger charge is 2.38. The summed E-state index contributed by atoms with van der Waals surface area (Å²) < 4.78 is 0.952. The molecule has 30 heavy (non-hydrogen) atoms. The van der Waals surface area contributed by atoms with Gasteiger partial charge in [0, 0.05) is 34.6 Å². The third kappa shape index (κ3) is 5.88. The van der Waals surface area contributed by atoms with Crippen molar-refractivity contribution in [2.45, 2.75) is 36.8 Å². The Morgan fingerprint density at radius 2 is 1.50 bits per heavy atom. The van der Waals surface area contributed by atoms with Crippen LogP contribution in [-0.4, -0.2) is 22.2 Å². The molecule has 6 heteroatoms. The van der Waals surface area contributed by atoms with E-state index in [4.69, 9.17) is 18.0 Å². The van der Waals surface area contributed by atoms with Gasteiger partial charge in [-0.1, -0.05) is 60.7 Å². The van der Waals surface area contributed by atoms with E-state index >= 15 is 0 Å². The largest absolute Gasteiger partial charge is 0.359 e. The van der Waals surface area contributed by atoms with Crippen molar-refractivity contribution in [1.82, 2.24) is 10.3 Å². The minimum atomic E-state index is 0.424. The lowest BCUT2D eigenvalue weighted by Crippen LogP contribution is -2.31. The van der Waals surface area contributed by atoms with Gasteiger partial charge in [-0.15, -0.1) is 0 Å². The number of benzene rings is 2. The van der Waals surface area contributed by atoms with Crippen LogP contribution in [0.1, 0.15) is 35.8 Å². The molecule has 1 heterocycles. The van der Waals surface area contributed by atoms with Gasteiger partial charge in [0.15, 0.2) is 5.11 Å². The van der Waals surface area contributed by atoms with Crippen LogP contribution in [-0.2, 0) is 0 Å². The number of aromatic nitrogens is 1. The van der Waals surface area contributed by atoms with E-state index in [1.807, 2.05) is 24.3 Å². The van der Waals surface area contributed by atoms with E-state index < -0.39 is 0 Å². The molecule has 154 valence electrons. The van der Waals surface area contributed by atoms with Crippen LogP contribution >= 0.6 is 28.1 Å². The van der Waals surface area contributed by atoms with Gasteiger partial charge in [0.1, 0.15) is 5.82 Å². The molecule has 4 N–H and O–H groups in total. The van der Waals surface area contributed by atoms with E-state index in [2.05, 4.69) is 80.1 Å². The zero-order valence-electron chi connectivity index (χ0n) is 16.5. The minimum absolute atomic E-state index is 0.424. The molecule has 0 radical (unpaired) electrons. The average molecular weight is 481 g/mol. The number of nitrogens with one attached hydrogen (secondary N) is 2. The van der Waals surface area contributed by atoms with Crippen molar-refractivity contribution in [3.8, 4) is 0 Å². The quantitative estimate of drug-likeness (QED) is 0.448.